The van der Waals surface area contributed by atoms with Crippen LogP contribution in [-0.2, 0) is 11.3 Å². The number of para-hydroxylation sites is 1. The van der Waals surface area contributed by atoms with E-state index in [9.17, 15) is 4.79 Å². The summed E-state index contributed by atoms with van der Waals surface area (Å²) >= 11 is 1.37. The lowest BCUT2D eigenvalue weighted by Gasteiger charge is -2.21. The number of aromatic nitrogens is 3. The molecule has 3 aromatic rings. The Morgan fingerprint density at radius 2 is 1.79 bits per heavy atom. The Balaban J connectivity index is 1.70. The normalized spacial score (nSPS) is 10.4. The molecule has 28 heavy (non-hydrogen) atoms. The second kappa shape index (κ2) is 9.72. The van der Waals surface area contributed by atoms with Gasteiger partial charge < -0.3 is 9.47 Å². The number of nitrogens with zero attached hydrogens (tertiary/aromatic N) is 5. The molecule has 142 valence electrons. The third-order valence-electron chi connectivity index (χ3n) is 4.23. The fourth-order valence-electron chi connectivity index (χ4n) is 2.79. The number of anilines is 1. The van der Waals surface area contributed by atoms with Gasteiger partial charge in [-0.1, -0.05) is 60.3 Å². The molecule has 0 N–H and O–H groups in total. The zero-order valence-corrected chi connectivity index (χ0v) is 16.5. The van der Waals surface area contributed by atoms with E-state index in [2.05, 4.69) is 28.4 Å². The highest BCUT2D eigenvalue weighted by molar-refractivity contribution is 7.99. The predicted octanol–water partition coefficient (Wildman–Crippen LogP) is 3.67. The monoisotopic (exact) mass is 391 g/mol. The van der Waals surface area contributed by atoms with E-state index in [1.165, 1.54) is 11.8 Å². The smallest absolute Gasteiger partial charge is 0.237 e. The van der Waals surface area contributed by atoms with E-state index < -0.39 is 0 Å². The lowest BCUT2D eigenvalue weighted by Crippen LogP contribution is -2.33. The van der Waals surface area contributed by atoms with Crippen molar-refractivity contribution < 1.29 is 4.79 Å². The summed E-state index contributed by atoms with van der Waals surface area (Å²) in [6.07, 6.45) is 0.286. The van der Waals surface area contributed by atoms with Gasteiger partial charge in [-0.3, -0.25) is 4.79 Å². The molecule has 0 aliphatic carbocycles. The summed E-state index contributed by atoms with van der Waals surface area (Å²) in [5.41, 5.74) is 1.95. The van der Waals surface area contributed by atoms with Crippen LogP contribution in [0.2, 0.25) is 0 Å². The third-order valence-corrected chi connectivity index (χ3v) is 5.18. The molecule has 0 radical (unpaired) electrons. The first-order valence-electron chi connectivity index (χ1n) is 8.98. The molecule has 0 saturated carbocycles. The number of nitriles is 1. The van der Waals surface area contributed by atoms with Crippen LogP contribution in [0, 0.1) is 18.3 Å². The minimum absolute atomic E-state index is 0.0571. The first-order chi connectivity index (χ1) is 13.7. The van der Waals surface area contributed by atoms with Crippen LogP contribution in [0.3, 0.4) is 0 Å². The number of thioether (sulfide) groups is 1. The second-order valence-corrected chi connectivity index (χ2v) is 7.12. The number of carbonyl (C=O) groups excluding carboxylic acids is 1. The number of hydrogen-bond acceptors (Lipinski definition) is 5. The lowest BCUT2D eigenvalue weighted by atomic mass is 10.2. The van der Waals surface area contributed by atoms with Crippen LogP contribution in [0.15, 0.2) is 65.8 Å². The zero-order valence-electron chi connectivity index (χ0n) is 15.7. The van der Waals surface area contributed by atoms with Crippen molar-refractivity contribution in [2.75, 3.05) is 17.2 Å². The molecule has 6 nitrogen and oxygen atoms in total. The maximum absolute atomic E-state index is 12.8. The second-order valence-electron chi connectivity index (χ2n) is 6.18. The molecular formula is C21H21N5OS. The number of aryl methyl sites for hydroxylation is 1. The van der Waals surface area contributed by atoms with Crippen molar-refractivity contribution in [1.29, 1.82) is 5.26 Å². The molecule has 0 atom stereocenters. The van der Waals surface area contributed by atoms with Gasteiger partial charge in [0.2, 0.25) is 5.91 Å². The van der Waals surface area contributed by atoms with Crippen molar-refractivity contribution >= 4 is 23.4 Å². The third kappa shape index (κ3) is 4.99. The zero-order chi connectivity index (χ0) is 19.8. The number of benzene rings is 2. The minimum atomic E-state index is -0.0571. The van der Waals surface area contributed by atoms with Gasteiger partial charge in [0.05, 0.1) is 24.8 Å². The Morgan fingerprint density at radius 1 is 1.11 bits per heavy atom. The van der Waals surface area contributed by atoms with Gasteiger partial charge in [0.1, 0.15) is 5.82 Å². The lowest BCUT2D eigenvalue weighted by molar-refractivity contribution is -0.116. The molecule has 1 heterocycles. The van der Waals surface area contributed by atoms with Gasteiger partial charge in [0.15, 0.2) is 5.16 Å². The van der Waals surface area contributed by atoms with E-state index in [0.717, 1.165) is 17.1 Å². The van der Waals surface area contributed by atoms with Crippen LogP contribution >= 0.6 is 11.8 Å². The molecule has 3 rings (SSSR count). The van der Waals surface area contributed by atoms with Gasteiger partial charge in [-0.05, 0) is 24.6 Å². The Labute approximate surface area is 168 Å². The molecule has 1 amide bonds. The van der Waals surface area contributed by atoms with Crippen molar-refractivity contribution in [3.05, 3.63) is 72.1 Å². The van der Waals surface area contributed by atoms with Crippen molar-refractivity contribution in [2.24, 2.45) is 0 Å². The molecule has 0 unspecified atom stereocenters. The number of hydrogen-bond donors (Lipinski definition) is 0. The van der Waals surface area contributed by atoms with E-state index in [4.69, 9.17) is 5.26 Å². The molecule has 0 fully saturated rings. The van der Waals surface area contributed by atoms with Gasteiger partial charge in [-0.25, -0.2) is 0 Å². The molecule has 7 heteroatoms. The van der Waals surface area contributed by atoms with Crippen molar-refractivity contribution in [1.82, 2.24) is 14.8 Å². The summed E-state index contributed by atoms with van der Waals surface area (Å²) < 4.78 is 2.01. The molecule has 0 saturated heterocycles. The molecule has 0 aliphatic heterocycles. The Kier molecular flexibility index (Phi) is 6.82. The van der Waals surface area contributed by atoms with Crippen molar-refractivity contribution in [2.45, 2.75) is 25.0 Å². The van der Waals surface area contributed by atoms with Crippen molar-refractivity contribution in [3.63, 3.8) is 0 Å². The Morgan fingerprint density at radius 3 is 2.46 bits per heavy atom. The maximum atomic E-state index is 12.8. The first-order valence-corrected chi connectivity index (χ1v) is 9.96. The number of amides is 1. The minimum Gasteiger partial charge on any atom is -0.311 e. The highest BCUT2D eigenvalue weighted by atomic mass is 32.2. The van der Waals surface area contributed by atoms with E-state index in [-0.39, 0.29) is 18.1 Å². The highest BCUT2D eigenvalue weighted by Crippen LogP contribution is 2.21. The maximum Gasteiger partial charge on any atom is 0.237 e. The van der Waals surface area contributed by atoms with E-state index >= 15 is 0 Å². The highest BCUT2D eigenvalue weighted by Gasteiger charge is 2.18. The van der Waals surface area contributed by atoms with Gasteiger partial charge in [0, 0.05) is 12.2 Å². The molecule has 1 aromatic heterocycles. The van der Waals surface area contributed by atoms with E-state index in [1.807, 2.05) is 60.0 Å². The Hall–Kier alpha value is -3.11. The predicted molar refractivity (Wildman–Crippen MR) is 110 cm³/mol. The standard InChI is InChI=1S/C21H21N5OS/c1-17-23-24-21(26(17)15-18-9-4-2-5-10-18)28-16-20(27)25(14-8-13-22)19-11-6-3-7-12-19/h2-7,9-12H,8,14-16H2,1H3. The quantitative estimate of drug-likeness (QED) is 0.548. The van der Waals surface area contributed by atoms with Gasteiger partial charge in [0.25, 0.3) is 0 Å². The summed E-state index contributed by atoms with van der Waals surface area (Å²) in [5.74, 6) is 0.981. The van der Waals surface area contributed by atoms with Crippen molar-refractivity contribution in [3.8, 4) is 6.07 Å². The number of rotatable bonds is 8. The van der Waals surface area contributed by atoms with Gasteiger partial charge in [-0.15, -0.1) is 10.2 Å². The van der Waals surface area contributed by atoms with E-state index in [1.54, 1.807) is 4.90 Å². The first kappa shape index (κ1) is 19.6. The molecule has 0 bridgehead atoms. The average Bonchev–Trinajstić information content (AvgIpc) is 3.08. The van der Waals surface area contributed by atoms with Gasteiger partial charge >= 0.3 is 0 Å². The van der Waals surface area contributed by atoms with Crippen LogP contribution < -0.4 is 4.90 Å². The molecule has 2 aromatic carbocycles. The fourth-order valence-corrected chi connectivity index (χ4v) is 3.65. The van der Waals surface area contributed by atoms with Gasteiger partial charge in [-0.2, -0.15) is 5.26 Å². The SMILES string of the molecule is Cc1nnc(SCC(=O)N(CCC#N)c2ccccc2)n1Cc1ccccc1. The summed E-state index contributed by atoms with van der Waals surface area (Å²) in [5, 5.41) is 18.0. The molecule has 0 aliphatic rings. The summed E-state index contributed by atoms with van der Waals surface area (Å²) in [7, 11) is 0. The number of carbonyl (C=O) groups is 1. The summed E-state index contributed by atoms with van der Waals surface area (Å²) in [4.78, 5) is 14.5. The Bertz CT molecular complexity index is 950. The largest absolute Gasteiger partial charge is 0.311 e. The molecule has 0 spiro atoms. The summed E-state index contributed by atoms with van der Waals surface area (Å²) in [6, 6.07) is 21.6. The van der Waals surface area contributed by atoms with Crippen LogP contribution in [-0.4, -0.2) is 33.0 Å². The summed E-state index contributed by atoms with van der Waals surface area (Å²) in [6.45, 7) is 2.94. The van der Waals surface area contributed by atoms with Crippen LogP contribution in [0.5, 0.6) is 0 Å². The molecular weight excluding hydrogens is 370 g/mol. The van der Waals surface area contributed by atoms with E-state index in [0.29, 0.717) is 18.2 Å². The van der Waals surface area contributed by atoms with Crippen LogP contribution in [0.4, 0.5) is 5.69 Å². The van der Waals surface area contributed by atoms with Crippen LogP contribution in [0.1, 0.15) is 17.8 Å². The average molecular weight is 392 g/mol. The van der Waals surface area contributed by atoms with Crippen LogP contribution in [0.25, 0.3) is 0 Å². The fraction of sp³-hybridized carbons (Fsp3) is 0.238. The topological polar surface area (TPSA) is 74.8 Å².